The van der Waals surface area contributed by atoms with Crippen LogP contribution in [-0.4, -0.2) is 5.71 Å². The summed E-state index contributed by atoms with van der Waals surface area (Å²) in [7, 11) is 0. The fraction of sp³-hybridized carbons (Fsp3) is 0.214. The highest BCUT2D eigenvalue weighted by atomic mass is 32.1. The van der Waals surface area contributed by atoms with Crippen LogP contribution in [0, 0.1) is 11.6 Å². The third kappa shape index (κ3) is 2.70. The van der Waals surface area contributed by atoms with Gasteiger partial charge in [0.1, 0.15) is 11.6 Å². The molecule has 0 spiro atoms. The summed E-state index contributed by atoms with van der Waals surface area (Å²) in [6.07, 6.45) is -4.58. The maximum absolute atomic E-state index is 13.9. The first kappa shape index (κ1) is 15.0. The molecular weight excluding hydrogens is 323 g/mol. The fourth-order valence-corrected chi connectivity index (χ4v) is 3.01. The van der Waals surface area contributed by atoms with Crippen molar-refractivity contribution in [2.45, 2.75) is 18.6 Å². The third-order valence-corrected chi connectivity index (χ3v) is 4.23. The molecular formula is C14H9F5N2S. The number of hydrogen-bond acceptors (Lipinski definition) is 3. The quantitative estimate of drug-likeness (QED) is 0.806. The monoisotopic (exact) mass is 332 g/mol. The van der Waals surface area contributed by atoms with Gasteiger partial charge in [-0.15, -0.1) is 11.3 Å². The molecule has 1 N–H and O–H groups in total. The van der Waals surface area contributed by atoms with E-state index in [0.29, 0.717) is 17.8 Å². The molecule has 2 aromatic rings. The molecule has 1 aliphatic rings. The number of benzene rings is 1. The van der Waals surface area contributed by atoms with Crippen molar-refractivity contribution >= 4 is 17.0 Å². The molecule has 1 aromatic heterocycles. The number of nitrogens with one attached hydrogen (secondary N) is 1. The van der Waals surface area contributed by atoms with Gasteiger partial charge in [-0.05, 0) is 23.6 Å². The van der Waals surface area contributed by atoms with Crippen molar-refractivity contribution in [3.05, 3.63) is 57.3 Å². The van der Waals surface area contributed by atoms with E-state index in [2.05, 4.69) is 10.5 Å². The van der Waals surface area contributed by atoms with Crippen LogP contribution in [0.4, 0.5) is 22.0 Å². The van der Waals surface area contributed by atoms with Gasteiger partial charge in [0.05, 0.1) is 22.2 Å². The Morgan fingerprint density at radius 3 is 2.41 bits per heavy atom. The summed E-state index contributed by atoms with van der Waals surface area (Å²) in [5.41, 5.74) is 1.44. The lowest BCUT2D eigenvalue weighted by Gasteiger charge is -2.15. The zero-order valence-corrected chi connectivity index (χ0v) is 11.7. The van der Waals surface area contributed by atoms with Crippen LogP contribution in [0.25, 0.3) is 0 Å². The summed E-state index contributed by atoms with van der Waals surface area (Å²) in [6, 6.07) is 3.42. The van der Waals surface area contributed by atoms with Crippen molar-refractivity contribution in [2.75, 3.05) is 0 Å². The Balaban J connectivity index is 1.88. The van der Waals surface area contributed by atoms with Crippen LogP contribution in [0.2, 0.25) is 0 Å². The summed E-state index contributed by atoms with van der Waals surface area (Å²) in [6.45, 7) is 0. The van der Waals surface area contributed by atoms with Gasteiger partial charge in [0.2, 0.25) is 0 Å². The second-order valence-corrected chi connectivity index (χ2v) is 5.72. The van der Waals surface area contributed by atoms with E-state index in [1.165, 1.54) is 11.3 Å². The number of hydrazone groups is 1. The van der Waals surface area contributed by atoms with E-state index in [-0.39, 0.29) is 6.42 Å². The van der Waals surface area contributed by atoms with Gasteiger partial charge in [0.15, 0.2) is 0 Å². The Morgan fingerprint density at radius 2 is 1.86 bits per heavy atom. The maximum atomic E-state index is 13.9. The van der Waals surface area contributed by atoms with Crippen molar-refractivity contribution in [3.63, 3.8) is 0 Å². The van der Waals surface area contributed by atoms with Gasteiger partial charge < -0.3 is 5.43 Å². The molecule has 0 amide bonds. The lowest BCUT2D eigenvalue weighted by atomic mass is 9.99. The Kier molecular flexibility index (Phi) is 3.64. The van der Waals surface area contributed by atoms with Gasteiger partial charge in [-0.3, -0.25) is 0 Å². The number of rotatable bonds is 2. The predicted molar refractivity (Wildman–Crippen MR) is 72.7 cm³/mol. The number of hydrogen-bond donors (Lipinski definition) is 1. The smallest absolute Gasteiger partial charge is 0.302 e. The molecule has 0 saturated heterocycles. The largest absolute Gasteiger partial charge is 0.416 e. The number of thiophene rings is 1. The van der Waals surface area contributed by atoms with Gasteiger partial charge in [0.25, 0.3) is 0 Å². The summed E-state index contributed by atoms with van der Waals surface area (Å²) >= 11 is 1.42. The molecule has 116 valence electrons. The highest BCUT2D eigenvalue weighted by Crippen LogP contribution is 2.35. The van der Waals surface area contributed by atoms with E-state index in [9.17, 15) is 22.0 Å². The van der Waals surface area contributed by atoms with E-state index in [1.54, 1.807) is 0 Å². The second kappa shape index (κ2) is 5.35. The van der Waals surface area contributed by atoms with Gasteiger partial charge >= 0.3 is 6.18 Å². The lowest BCUT2D eigenvalue weighted by molar-refractivity contribution is -0.138. The number of nitrogens with zero attached hydrogens (tertiary/aromatic N) is 1. The molecule has 8 heteroatoms. The van der Waals surface area contributed by atoms with E-state index in [0.717, 1.165) is 4.88 Å². The zero-order chi connectivity index (χ0) is 15.9. The first-order chi connectivity index (χ1) is 10.4. The Morgan fingerprint density at radius 1 is 1.18 bits per heavy atom. The van der Waals surface area contributed by atoms with Crippen LogP contribution in [0.1, 0.15) is 28.5 Å². The molecule has 0 fully saturated rings. The second-order valence-electron chi connectivity index (χ2n) is 4.77. The lowest BCUT2D eigenvalue weighted by Crippen LogP contribution is -2.16. The minimum absolute atomic E-state index is 0.208. The summed E-state index contributed by atoms with van der Waals surface area (Å²) in [4.78, 5) is 0.850. The molecule has 0 bridgehead atoms. The first-order valence-electron chi connectivity index (χ1n) is 6.28. The van der Waals surface area contributed by atoms with Crippen molar-refractivity contribution in [3.8, 4) is 0 Å². The van der Waals surface area contributed by atoms with Crippen molar-refractivity contribution in [1.82, 2.24) is 5.43 Å². The molecule has 0 aliphatic carbocycles. The topological polar surface area (TPSA) is 24.4 Å². The molecule has 1 atom stereocenters. The van der Waals surface area contributed by atoms with Gasteiger partial charge in [-0.25, -0.2) is 8.78 Å². The average molecular weight is 332 g/mol. The average Bonchev–Trinajstić information content (AvgIpc) is 3.07. The molecule has 1 aromatic carbocycles. The molecule has 2 heterocycles. The standard InChI is InChI=1S/C14H9F5N2S/c15-8-4-7(14(17,18)19)5-9(16)13(8)11-6-10(20-21-11)12-2-1-3-22-12/h1-5,11,21H,6H2. The third-order valence-electron chi connectivity index (χ3n) is 3.31. The van der Waals surface area contributed by atoms with E-state index < -0.39 is 35.0 Å². The number of alkyl halides is 3. The SMILES string of the molecule is Fc1cc(C(F)(F)F)cc(F)c1C1CC(c2cccs2)=NN1. The van der Waals surface area contributed by atoms with Crippen LogP contribution < -0.4 is 5.43 Å². The molecule has 3 rings (SSSR count). The Hall–Kier alpha value is -1.96. The fourth-order valence-electron chi connectivity index (χ4n) is 2.29. The van der Waals surface area contributed by atoms with Gasteiger partial charge in [-0.1, -0.05) is 6.07 Å². The van der Waals surface area contributed by atoms with Crippen molar-refractivity contribution in [2.24, 2.45) is 5.10 Å². The van der Waals surface area contributed by atoms with Crippen LogP contribution >= 0.6 is 11.3 Å². The van der Waals surface area contributed by atoms with Crippen LogP contribution in [0.5, 0.6) is 0 Å². The minimum atomic E-state index is -4.79. The van der Waals surface area contributed by atoms with Crippen LogP contribution in [-0.2, 0) is 6.18 Å². The summed E-state index contributed by atoms with van der Waals surface area (Å²) in [5.74, 6) is -2.46. The van der Waals surface area contributed by atoms with E-state index in [1.807, 2.05) is 17.5 Å². The first-order valence-corrected chi connectivity index (χ1v) is 7.16. The normalized spacial score (nSPS) is 18.2. The molecule has 0 radical (unpaired) electrons. The van der Waals surface area contributed by atoms with Crippen molar-refractivity contribution in [1.29, 1.82) is 0 Å². The highest BCUT2D eigenvalue weighted by Gasteiger charge is 2.34. The Bertz CT molecular complexity index is 698. The Labute approximate surface area is 126 Å². The predicted octanol–water partition coefficient (Wildman–Crippen LogP) is 4.48. The molecule has 22 heavy (non-hydrogen) atoms. The minimum Gasteiger partial charge on any atom is -0.302 e. The number of halogens is 5. The van der Waals surface area contributed by atoms with E-state index >= 15 is 0 Å². The maximum Gasteiger partial charge on any atom is 0.416 e. The molecule has 1 unspecified atom stereocenters. The van der Waals surface area contributed by atoms with Crippen molar-refractivity contribution < 1.29 is 22.0 Å². The van der Waals surface area contributed by atoms with Crippen LogP contribution in [0.15, 0.2) is 34.7 Å². The van der Waals surface area contributed by atoms with Crippen LogP contribution in [0.3, 0.4) is 0 Å². The molecule has 0 saturated carbocycles. The van der Waals surface area contributed by atoms with E-state index in [4.69, 9.17) is 0 Å². The summed E-state index contributed by atoms with van der Waals surface area (Å²) in [5, 5.41) is 5.85. The van der Waals surface area contributed by atoms with Gasteiger partial charge in [-0.2, -0.15) is 18.3 Å². The van der Waals surface area contributed by atoms with Gasteiger partial charge in [0, 0.05) is 12.0 Å². The highest BCUT2D eigenvalue weighted by molar-refractivity contribution is 7.12. The zero-order valence-electron chi connectivity index (χ0n) is 10.9. The molecule has 1 aliphatic heterocycles. The summed E-state index contributed by atoms with van der Waals surface area (Å²) < 4.78 is 65.5. The molecule has 2 nitrogen and oxygen atoms in total.